The van der Waals surface area contributed by atoms with Gasteiger partial charge in [0.25, 0.3) is 5.91 Å². The van der Waals surface area contributed by atoms with Crippen molar-refractivity contribution in [2.24, 2.45) is 0 Å². The summed E-state index contributed by atoms with van der Waals surface area (Å²) in [6.45, 7) is 5.36. The number of fused-ring (bicyclic) bond motifs is 1. The SMILES string of the molecule is CC(C)=C[C@H]1c2cccc3[nH]cc(c23)C[C@H]2C(=O)/C(=C(\C)O)C(=O)N21. The number of benzene rings is 1. The number of Topliss-reactive ketones (excluding diaryl/α,β-unsaturated/α-hetero) is 1. The third-order valence-electron chi connectivity index (χ3n) is 5.04. The average molecular weight is 336 g/mol. The Morgan fingerprint density at radius 2 is 2.04 bits per heavy atom. The first-order valence-electron chi connectivity index (χ1n) is 8.40. The van der Waals surface area contributed by atoms with Crippen LogP contribution in [0.15, 0.2) is 47.4 Å². The highest BCUT2D eigenvalue weighted by Crippen LogP contribution is 2.42. The molecule has 0 unspecified atom stereocenters. The van der Waals surface area contributed by atoms with E-state index in [9.17, 15) is 14.7 Å². The number of carbonyl (C=O) groups excluding carboxylic acids is 2. The summed E-state index contributed by atoms with van der Waals surface area (Å²) in [7, 11) is 0. The zero-order valence-corrected chi connectivity index (χ0v) is 14.5. The van der Waals surface area contributed by atoms with Gasteiger partial charge in [-0.3, -0.25) is 9.59 Å². The second kappa shape index (κ2) is 5.34. The van der Waals surface area contributed by atoms with Crippen molar-refractivity contribution < 1.29 is 14.7 Å². The Hall–Kier alpha value is -2.82. The molecule has 2 aliphatic rings. The molecule has 2 N–H and O–H groups in total. The van der Waals surface area contributed by atoms with Gasteiger partial charge in [0.15, 0.2) is 5.78 Å². The topological polar surface area (TPSA) is 73.4 Å². The van der Waals surface area contributed by atoms with Gasteiger partial charge in [0, 0.05) is 23.5 Å². The van der Waals surface area contributed by atoms with E-state index >= 15 is 0 Å². The number of aromatic amines is 1. The molecule has 2 atom stereocenters. The average Bonchev–Trinajstić information content (AvgIpc) is 3.00. The molecule has 25 heavy (non-hydrogen) atoms. The van der Waals surface area contributed by atoms with Crippen LogP contribution in [0.5, 0.6) is 0 Å². The van der Waals surface area contributed by atoms with Crippen molar-refractivity contribution in [2.75, 3.05) is 0 Å². The monoisotopic (exact) mass is 336 g/mol. The lowest BCUT2D eigenvalue weighted by Gasteiger charge is -2.29. The third kappa shape index (κ3) is 2.15. The minimum Gasteiger partial charge on any atom is -0.512 e. The first-order valence-corrected chi connectivity index (χ1v) is 8.40. The van der Waals surface area contributed by atoms with E-state index in [-0.39, 0.29) is 29.1 Å². The van der Waals surface area contributed by atoms with Crippen LogP contribution in [-0.2, 0) is 16.0 Å². The maximum Gasteiger partial charge on any atom is 0.262 e. The molecule has 0 bridgehead atoms. The summed E-state index contributed by atoms with van der Waals surface area (Å²) >= 11 is 0. The van der Waals surface area contributed by atoms with Gasteiger partial charge in [-0.2, -0.15) is 0 Å². The van der Waals surface area contributed by atoms with Crippen LogP contribution in [0, 0.1) is 0 Å². The van der Waals surface area contributed by atoms with Gasteiger partial charge in [0.05, 0.1) is 6.04 Å². The largest absolute Gasteiger partial charge is 0.512 e. The molecule has 4 rings (SSSR count). The minimum atomic E-state index is -0.586. The van der Waals surface area contributed by atoms with Crippen LogP contribution >= 0.6 is 0 Å². The Morgan fingerprint density at radius 1 is 1.28 bits per heavy atom. The van der Waals surface area contributed by atoms with Crippen molar-refractivity contribution >= 4 is 22.6 Å². The Balaban J connectivity index is 2.01. The van der Waals surface area contributed by atoms with Gasteiger partial charge in [-0.05, 0) is 38.0 Å². The maximum absolute atomic E-state index is 13.0. The molecule has 0 spiro atoms. The summed E-state index contributed by atoms with van der Waals surface area (Å²) < 4.78 is 0. The lowest BCUT2D eigenvalue weighted by molar-refractivity contribution is -0.128. The normalized spacial score (nSPS) is 24.4. The molecular formula is C20H20N2O3. The molecule has 0 aliphatic carbocycles. The number of aliphatic hydroxyl groups is 1. The number of rotatable bonds is 1. The molecule has 1 aromatic carbocycles. The quantitative estimate of drug-likeness (QED) is 0.363. The number of allylic oxidation sites excluding steroid dienone is 2. The number of H-pyrrole nitrogens is 1. The van der Waals surface area contributed by atoms with E-state index in [1.54, 1.807) is 4.90 Å². The maximum atomic E-state index is 13.0. The molecule has 2 aromatic rings. The molecule has 5 heteroatoms. The van der Waals surface area contributed by atoms with Gasteiger partial charge in [0.1, 0.15) is 17.4 Å². The lowest BCUT2D eigenvalue weighted by atomic mass is 9.97. The summed E-state index contributed by atoms with van der Waals surface area (Å²) in [5.41, 5.74) is 4.04. The van der Waals surface area contributed by atoms with Gasteiger partial charge in [-0.15, -0.1) is 0 Å². The standard InChI is InChI=1S/C20H20N2O3/c1-10(2)7-15-13-5-4-6-14-18(13)12(9-21-14)8-16-19(24)17(11(3)23)20(25)22(15)16/h4-7,9,15-16,21,23H,8H2,1-3H3/b17-11-/t15-,16-/m0/s1. The zero-order valence-electron chi connectivity index (χ0n) is 14.5. The number of aliphatic hydroxyl groups excluding tert-OH is 1. The molecule has 2 aliphatic heterocycles. The number of amides is 1. The fraction of sp³-hybridized carbons (Fsp3) is 0.300. The van der Waals surface area contributed by atoms with Crippen LogP contribution in [0.3, 0.4) is 0 Å². The van der Waals surface area contributed by atoms with Gasteiger partial charge < -0.3 is 15.0 Å². The van der Waals surface area contributed by atoms with Crippen molar-refractivity contribution in [1.29, 1.82) is 0 Å². The van der Waals surface area contributed by atoms with E-state index in [1.807, 2.05) is 44.3 Å². The first-order chi connectivity index (χ1) is 11.9. The molecule has 1 fully saturated rings. The van der Waals surface area contributed by atoms with E-state index in [4.69, 9.17) is 0 Å². The highest BCUT2D eigenvalue weighted by molar-refractivity contribution is 6.27. The summed E-state index contributed by atoms with van der Waals surface area (Å²) in [5, 5.41) is 11.0. The second-order valence-electron chi connectivity index (χ2n) is 7.03. The number of carbonyl (C=O) groups is 2. The number of ketones is 1. The third-order valence-corrected chi connectivity index (χ3v) is 5.04. The molecular weight excluding hydrogens is 316 g/mol. The minimum absolute atomic E-state index is 0.0803. The number of nitrogens with zero attached hydrogens (tertiary/aromatic N) is 1. The number of hydrogen-bond donors (Lipinski definition) is 2. The summed E-state index contributed by atoms with van der Waals surface area (Å²) in [5.74, 6) is -0.880. The molecule has 3 heterocycles. The van der Waals surface area contributed by atoms with Gasteiger partial charge in [-0.25, -0.2) is 0 Å². The predicted molar refractivity (Wildman–Crippen MR) is 95.1 cm³/mol. The fourth-order valence-electron chi connectivity index (χ4n) is 4.05. The van der Waals surface area contributed by atoms with Gasteiger partial charge >= 0.3 is 0 Å². The molecule has 1 saturated heterocycles. The number of nitrogens with one attached hydrogen (secondary N) is 1. The van der Waals surface area contributed by atoms with Crippen molar-refractivity contribution in [2.45, 2.75) is 39.3 Å². The Bertz CT molecular complexity index is 972. The molecule has 128 valence electrons. The first kappa shape index (κ1) is 15.7. The number of hydrogen-bond acceptors (Lipinski definition) is 3. The Labute approximate surface area is 145 Å². The van der Waals surface area contributed by atoms with Crippen LogP contribution in [0.1, 0.15) is 37.9 Å². The predicted octanol–water partition coefficient (Wildman–Crippen LogP) is 3.34. The fourth-order valence-corrected chi connectivity index (χ4v) is 4.05. The molecule has 0 saturated carbocycles. The lowest BCUT2D eigenvalue weighted by Crippen LogP contribution is -2.38. The highest BCUT2D eigenvalue weighted by atomic mass is 16.3. The van der Waals surface area contributed by atoms with E-state index in [0.717, 1.165) is 27.6 Å². The van der Waals surface area contributed by atoms with E-state index < -0.39 is 6.04 Å². The number of aromatic nitrogens is 1. The van der Waals surface area contributed by atoms with E-state index in [1.165, 1.54) is 6.92 Å². The van der Waals surface area contributed by atoms with Crippen LogP contribution in [0.25, 0.3) is 10.9 Å². The second-order valence-corrected chi connectivity index (χ2v) is 7.03. The Kier molecular flexibility index (Phi) is 3.35. The molecule has 0 radical (unpaired) electrons. The van der Waals surface area contributed by atoms with E-state index in [0.29, 0.717) is 6.42 Å². The van der Waals surface area contributed by atoms with Gasteiger partial charge in [-0.1, -0.05) is 23.8 Å². The van der Waals surface area contributed by atoms with Crippen LogP contribution in [-0.4, -0.2) is 32.7 Å². The van der Waals surface area contributed by atoms with Crippen molar-refractivity contribution in [3.63, 3.8) is 0 Å². The van der Waals surface area contributed by atoms with Crippen LogP contribution in [0.2, 0.25) is 0 Å². The van der Waals surface area contributed by atoms with Crippen molar-refractivity contribution in [3.05, 3.63) is 58.5 Å². The zero-order chi connectivity index (χ0) is 17.9. The smallest absolute Gasteiger partial charge is 0.262 e. The molecule has 1 amide bonds. The molecule has 5 nitrogen and oxygen atoms in total. The highest BCUT2D eigenvalue weighted by Gasteiger charge is 2.49. The van der Waals surface area contributed by atoms with Crippen molar-refractivity contribution in [3.8, 4) is 0 Å². The summed E-state index contributed by atoms with van der Waals surface area (Å²) in [6.07, 6.45) is 4.39. The Morgan fingerprint density at radius 3 is 2.72 bits per heavy atom. The summed E-state index contributed by atoms with van der Waals surface area (Å²) in [6, 6.07) is 5.06. The van der Waals surface area contributed by atoms with Crippen LogP contribution < -0.4 is 0 Å². The summed E-state index contributed by atoms with van der Waals surface area (Å²) in [4.78, 5) is 30.7. The van der Waals surface area contributed by atoms with Crippen molar-refractivity contribution in [1.82, 2.24) is 9.88 Å². The van der Waals surface area contributed by atoms with E-state index in [2.05, 4.69) is 4.98 Å². The van der Waals surface area contributed by atoms with Gasteiger partial charge in [0.2, 0.25) is 0 Å². The molecule has 1 aromatic heterocycles. The van der Waals surface area contributed by atoms with Crippen LogP contribution in [0.4, 0.5) is 0 Å².